The molecule has 2 heterocycles. The smallest absolute Gasteiger partial charge is 0.270 e. The molecule has 1 saturated heterocycles. The van der Waals surface area contributed by atoms with E-state index in [1.165, 1.54) is 0 Å². The number of rotatable bonds is 1. The van der Waals surface area contributed by atoms with E-state index in [2.05, 4.69) is 10.3 Å². The van der Waals surface area contributed by atoms with Gasteiger partial charge in [-0.1, -0.05) is 12.1 Å². The lowest BCUT2D eigenvalue weighted by molar-refractivity contribution is -0.112. The van der Waals surface area contributed by atoms with E-state index in [0.717, 1.165) is 35.7 Å². The molecule has 1 aromatic carbocycles. The molecule has 88 valence electrons. The van der Waals surface area contributed by atoms with Gasteiger partial charge in [-0.25, -0.2) is 4.99 Å². The van der Waals surface area contributed by atoms with Crippen LogP contribution in [-0.2, 0) is 9.53 Å². The van der Waals surface area contributed by atoms with Crippen molar-refractivity contribution in [2.24, 2.45) is 4.99 Å². The van der Waals surface area contributed by atoms with Crippen molar-refractivity contribution in [3.8, 4) is 0 Å². The monoisotopic (exact) mass is 230 g/mol. The quantitative estimate of drug-likeness (QED) is 0.719. The van der Waals surface area contributed by atoms with E-state index in [9.17, 15) is 4.79 Å². The van der Waals surface area contributed by atoms with Crippen molar-refractivity contribution < 1.29 is 9.53 Å². The Bertz CT molecular complexity index is 557. The third kappa shape index (κ3) is 2.01. The first-order valence-corrected chi connectivity index (χ1v) is 5.89. The Kier molecular flexibility index (Phi) is 2.74. The average molecular weight is 230 g/mol. The van der Waals surface area contributed by atoms with Crippen molar-refractivity contribution in [2.45, 2.75) is 12.5 Å². The first-order valence-electron chi connectivity index (χ1n) is 5.89. The van der Waals surface area contributed by atoms with Crippen molar-refractivity contribution >= 4 is 12.0 Å². The molecule has 0 aliphatic carbocycles. The molecule has 1 atom stereocenters. The predicted octanol–water partition coefficient (Wildman–Crippen LogP) is -0.322. The standard InChI is InChI=1S/C13H14N2O2/c16-13-7-10-9(3-1-4-11(10)15-13)12-8-17-6-2-5-14-12/h1,3-4,7,12,14H,2,5-6,8H2. The number of nitrogens with one attached hydrogen (secondary N) is 1. The minimum atomic E-state index is -0.165. The molecule has 0 spiro atoms. The van der Waals surface area contributed by atoms with Gasteiger partial charge in [-0.2, -0.15) is 0 Å². The van der Waals surface area contributed by atoms with Crippen molar-refractivity contribution in [3.63, 3.8) is 0 Å². The Morgan fingerprint density at radius 1 is 1.41 bits per heavy atom. The summed E-state index contributed by atoms with van der Waals surface area (Å²) < 4.78 is 5.56. The molecule has 0 aromatic heterocycles. The van der Waals surface area contributed by atoms with Gasteiger partial charge in [0.2, 0.25) is 0 Å². The highest BCUT2D eigenvalue weighted by molar-refractivity contribution is 6.06. The largest absolute Gasteiger partial charge is 0.379 e. The number of amides is 1. The molecule has 1 unspecified atom stereocenters. The van der Waals surface area contributed by atoms with E-state index in [1.54, 1.807) is 6.08 Å². The highest BCUT2D eigenvalue weighted by Crippen LogP contribution is 2.11. The summed E-state index contributed by atoms with van der Waals surface area (Å²) in [4.78, 5) is 15.3. The third-order valence-corrected chi connectivity index (χ3v) is 3.13. The fourth-order valence-electron chi connectivity index (χ4n) is 2.31. The van der Waals surface area contributed by atoms with E-state index in [0.29, 0.717) is 6.61 Å². The van der Waals surface area contributed by atoms with Crippen LogP contribution in [0.3, 0.4) is 0 Å². The number of fused-ring (bicyclic) bond motifs is 1. The van der Waals surface area contributed by atoms with Gasteiger partial charge in [-0.05, 0) is 24.6 Å². The summed E-state index contributed by atoms with van der Waals surface area (Å²) in [5.41, 5.74) is 1.11. The van der Waals surface area contributed by atoms with Crippen LogP contribution in [0.5, 0.6) is 0 Å². The molecular weight excluding hydrogens is 216 g/mol. The maximum absolute atomic E-state index is 11.3. The molecule has 4 heteroatoms. The second-order valence-corrected chi connectivity index (χ2v) is 4.31. The third-order valence-electron chi connectivity index (χ3n) is 3.13. The van der Waals surface area contributed by atoms with Crippen LogP contribution in [0.1, 0.15) is 18.0 Å². The second-order valence-electron chi connectivity index (χ2n) is 4.31. The van der Waals surface area contributed by atoms with Crippen LogP contribution in [0.4, 0.5) is 0 Å². The van der Waals surface area contributed by atoms with Crippen molar-refractivity contribution in [2.75, 3.05) is 19.8 Å². The van der Waals surface area contributed by atoms with Crippen LogP contribution >= 0.6 is 0 Å². The van der Waals surface area contributed by atoms with E-state index in [4.69, 9.17) is 4.74 Å². The molecule has 1 fully saturated rings. The molecule has 3 rings (SSSR count). The molecule has 0 saturated carbocycles. The number of hydrogen-bond donors (Lipinski definition) is 1. The number of hydrogen-bond acceptors (Lipinski definition) is 3. The number of carbonyl (C=O) groups is 1. The lowest BCUT2D eigenvalue weighted by atomic mass is 10.0. The van der Waals surface area contributed by atoms with Gasteiger partial charge < -0.3 is 10.1 Å². The fourth-order valence-corrected chi connectivity index (χ4v) is 2.31. The van der Waals surface area contributed by atoms with Gasteiger partial charge >= 0.3 is 0 Å². The zero-order valence-corrected chi connectivity index (χ0v) is 9.48. The molecule has 0 radical (unpaired) electrons. The van der Waals surface area contributed by atoms with Crippen LogP contribution in [0.25, 0.3) is 6.08 Å². The Labute approximate surface area is 99.0 Å². The number of carbonyl (C=O) groups excluding carboxylic acids is 1. The Hall–Kier alpha value is -1.52. The van der Waals surface area contributed by atoms with Gasteiger partial charge in [0.15, 0.2) is 0 Å². The fraction of sp³-hybridized carbons (Fsp3) is 0.385. The van der Waals surface area contributed by atoms with Gasteiger partial charge in [0.05, 0.1) is 18.0 Å². The molecule has 1 amide bonds. The summed E-state index contributed by atoms with van der Waals surface area (Å²) in [6.07, 6.45) is 2.63. The number of ether oxygens (including phenoxy) is 1. The first kappa shape index (κ1) is 10.6. The maximum Gasteiger partial charge on any atom is 0.270 e. The first-order chi connectivity index (χ1) is 8.34. The van der Waals surface area contributed by atoms with Crippen LogP contribution < -0.4 is 15.9 Å². The SMILES string of the molecule is O=C1C=c2c(C3COCCCN3)cccc2=N1. The average Bonchev–Trinajstić information content (AvgIpc) is 2.55. The van der Waals surface area contributed by atoms with Crippen LogP contribution in [0, 0.1) is 0 Å². The molecule has 2 aliphatic heterocycles. The zero-order chi connectivity index (χ0) is 11.7. The van der Waals surface area contributed by atoms with E-state index in [1.807, 2.05) is 18.2 Å². The predicted molar refractivity (Wildman–Crippen MR) is 62.9 cm³/mol. The molecular formula is C13H14N2O2. The Morgan fingerprint density at radius 2 is 2.35 bits per heavy atom. The van der Waals surface area contributed by atoms with E-state index >= 15 is 0 Å². The summed E-state index contributed by atoms with van der Waals surface area (Å²) >= 11 is 0. The summed E-state index contributed by atoms with van der Waals surface area (Å²) in [7, 11) is 0. The minimum Gasteiger partial charge on any atom is -0.379 e. The zero-order valence-electron chi connectivity index (χ0n) is 9.48. The van der Waals surface area contributed by atoms with E-state index in [-0.39, 0.29) is 11.9 Å². The highest BCUT2D eigenvalue weighted by atomic mass is 16.5. The summed E-state index contributed by atoms with van der Waals surface area (Å²) in [5.74, 6) is -0.165. The minimum absolute atomic E-state index is 0.157. The van der Waals surface area contributed by atoms with Crippen LogP contribution in [0.2, 0.25) is 0 Å². The topological polar surface area (TPSA) is 50.7 Å². The highest BCUT2D eigenvalue weighted by Gasteiger charge is 2.17. The van der Waals surface area contributed by atoms with Crippen molar-refractivity contribution in [3.05, 3.63) is 34.3 Å². The van der Waals surface area contributed by atoms with E-state index < -0.39 is 0 Å². The summed E-state index contributed by atoms with van der Waals surface area (Å²) in [6, 6.07) is 6.01. The number of benzene rings is 1. The second kappa shape index (κ2) is 4.39. The molecule has 4 nitrogen and oxygen atoms in total. The van der Waals surface area contributed by atoms with Gasteiger partial charge in [0.25, 0.3) is 5.91 Å². The molecule has 0 bridgehead atoms. The van der Waals surface area contributed by atoms with Gasteiger partial charge in [0.1, 0.15) is 0 Å². The van der Waals surface area contributed by atoms with Crippen LogP contribution in [-0.4, -0.2) is 25.7 Å². The summed E-state index contributed by atoms with van der Waals surface area (Å²) in [5, 5.41) is 5.17. The van der Waals surface area contributed by atoms with Gasteiger partial charge in [0, 0.05) is 17.9 Å². The molecule has 1 aromatic rings. The summed E-state index contributed by atoms with van der Waals surface area (Å²) in [6.45, 7) is 2.39. The molecule has 2 aliphatic rings. The lowest BCUT2D eigenvalue weighted by Gasteiger charge is -2.15. The Balaban J connectivity index is 2.05. The van der Waals surface area contributed by atoms with Crippen molar-refractivity contribution in [1.82, 2.24) is 5.32 Å². The normalized spacial score (nSPS) is 23.5. The van der Waals surface area contributed by atoms with Gasteiger partial charge in [-0.3, -0.25) is 4.79 Å². The molecule has 1 N–H and O–H groups in total. The number of nitrogens with zero attached hydrogens (tertiary/aromatic N) is 1. The Morgan fingerprint density at radius 3 is 3.29 bits per heavy atom. The lowest BCUT2D eigenvalue weighted by Crippen LogP contribution is -2.34. The van der Waals surface area contributed by atoms with Crippen LogP contribution in [0.15, 0.2) is 23.2 Å². The maximum atomic E-state index is 11.3. The molecule has 17 heavy (non-hydrogen) atoms. The van der Waals surface area contributed by atoms with Crippen molar-refractivity contribution in [1.29, 1.82) is 0 Å². The van der Waals surface area contributed by atoms with Gasteiger partial charge in [-0.15, -0.1) is 0 Å².